The van der Waals surface area contributed by atoms with Gasteiger partial charge >= 0.3 is 0 Å². The molecule has 7 heteroatoms. The summed E-state index contributed by atoms with van der Waals surface area (Å²) in [6.45, 7) is 0. The van der Waals surface area contributed by atoms with Crippen molar-refractivity contribution in [3.63, 3.8) is 0 Å². The zero-order valence-electron chi connectivity index (χ0n) is 6.86. The van der Waals surface area contributed by atoms with E-state index in [0.717, 1.165) is 12.1 Å². The van der Waals surface area contributed by atoms with E-state index in [9.17, 15) is 14.9 Å². The van der Waals surface area contributed by atoms with Crippen molar-refractivity contribution in [2.45, 2.75) is 0 Å². The number of hydrogen-bond acceptors (Lipinski definition) is 4. The number of amides is 1. The van der Waals surface area contributed by atoms with Crippen molar-refractivity contribution in [1.82, 2.24) is 0 Å². The number of benzene rings is 1. The van der Waals surface area contributed by atoms with Crippen molar-refractivity contribution in [1.29, 1.82) is 0 Å². The van der Waals surface area contributed by atoms with Crippen LogP contribution in [0.25, 0.3) is 0 Å². The number of halogens is 1. The number of nitrogen functional groups attached to an aromatic ring is 1. The maximum Gasteiger partial charge on any atom is 0.293 e. The maximum atomic E-state index is 10.8. The molecule has 1 rings (SSSR count). The van der Waals surface area contributed by atoms with Crippen molar-refractivity contribution in [2.24, 2.45) is 5.73 Å². The fraction of sp³-hybridized carbons (Fsp3) is 0. The molecule has 0 aliphatic carbocycles. The second-order valence-corrected chi connectivity index (χ2v) is 2.92. The lowest BCUT2D eigenvalue weighted by atomic mass is 10.1. The summed E-state index contributed by atoms with van der Waals surface area (Å²) in [5.41, 5.74) is 9.65. The van der Waals surface area contributed by atoms with Crippen LogP contribution in [0, 0.1) is 10.1 Å². The van der Waals surface area contributed by atoms with E-state index in [-0.39, 0.29) is 22.0 Å². The number of carbonyl (C=O) groups is 1. The number of carbonyl (C=O) groups excluding carboxylic acids is 1. The fourth-order valence-corrected chi connectivity index (χ4v) is 1.19. The highest BCUT2D eigenvalue weighted by atomic mass is 35.5. The van der Waals surface area contributed by atoms with E-state index in [1.54, 1.807) is 0 Å². The van der Waals surface area contributed by atoms with Crippen LogP contribution in [-0.4, -0.2) is 10.8 Å². The second-order valence-electron chi connectivity index (χ2n) is 2.51. The Morgan fingerprint density at radius 1 is 1.50 bits per heavy atom. The Balaban J connectivity index is 3.42. The number of nitro groups is 1. The molecule has 0 unspecified atom stereocenters. The van der Waals surface area contributed by atoms with Crippen LogP contribution in [0.3, 0.4) is 0 Å². The Kier molecular flexibility index (Phi) is 2.57. The first-order chi connectivity index (χ1) is 6.43. The van der Waals surface area contributed by atoms with E-state index in [0.29, 0.717) is 0 Å². The smallest absolute Gasteiger partial charge is 0.293 e. The molecule has 0 radical (unpaired) electrons. The summed E-state index contributed by atoms with van der Waals surface area (Å²) >= 11 is 5.60. The lowest BCUT2D eigenvalue weighted by molar-refractivity contribution is -0.383. The second kappa shape index (κ2) is 3.51. The molecule has 0 fully saturated rings. The normalized spacial score (nSPS) is 9.79. The molecule has 0 atom stereocenters. The lowest BCUT2D eigenvalue weighted by Gasteiger charge is -2.01. The fourth-order valence-electron chi connectivity index (χ4n) is 0.924. The van der Waals surface area contributed by atoms with Gasteiger partial charge in [-0.1, -0.05) is 11.6 Å². The van der Waals surface area contributed by atoms with Gasteiger partial charge < -0.3 is 11.5 Å². The predicted octanol–water partition coefficient (Wildman–Crippen LogP) is 0.929. The molecule has 0 heterocycles. The summed E-state index contributed by atoms with van der Waals surface area (Å²) < 4.78 is 0. The Labute approximate surface area is 83.6 Å². The van der Waals surface area contributed by atoms with Gasteiger partial charge in [-0.3, -0.25) is 14.9 Å². The van der Waals surface area contributed by atoms with Crippen molar-refractivity contribution >= 4 is 28.9 Å². The van der Waals surface area contributed by atoms with Crippen molar-refractivity contribution in [3.05, 3.63) is 32.8 Å². The van der Waals surface area contributed by atoms with E-state index in [1.165, 1.54) is 0 Å². The average Bonchev–Trinajstić information content (AvgIpc) is 2.02. The molecule has 1 aromatic rings. The van der Waals surface area contributed by atoms with Crippen LogP contribution >= 0.6 is 11.6 Å². The molecule has 0 aromatic heterocycles. The first-order valence-electron chi connectivity index (χ1n) is 3.46. The van der Waals surface area contributed by atoms with Gasteiger partial charge in [-0.25, -0.2) is 0 Å². The molecule has 1 aromatic carbocycles. The van der Waals surface area contributed by atoms with Gasteiger partial charge in [-0.15, -0.1) is 0 Å². The highest BCUT2D eigenvalue weighted by molar-refractivity contribution is 6.34. The minimum absolute atomic E-state index is 0.000556. The highest BCUT2D eigenvalue weighted by Gasteiger charge is 2.17. The van der Waals surface area contributed by atoms with E-state index in [1.807, 2.05) is 0 Å². The Bertz CT molecular complexity index is 384. The molecule has 74 valence electrons. The highest BCUT2D eigenvalue weighted by Crippen LogP contribution is 2.28. The number of primary amides is 1. The molecule has 0 bridgehead atoms. The van der Waals surface area contributed by atoms with Crippen LogP contribution in [0.5, 0.6) is 0 Å². The van der Waals surface area contributed by atoms with Gasteiger partial charge in [0, 0.05) is 6.07 Å². The molecule has 0 saturated carbocycles. The number of rotatable bonds is 2. The van der Waals surface area contributed by atoms with E-state index >= 15 is 0 Å². The molecule has 14 heavy (non-hydrogen) atoms. The molecule has 0 saturated heterocycles. The van der Waals surface area contributed by atoms with Crippen LogP contribution < -0.4 is 11.5 Å². The third-order valence-electron chi connectivity index (χ3n) is 1.58. The maximum absolute atomic E-state index is 10.8. The zero-order chi connectivity index (χ0) is 10.9. The minimum atomic E-state index is -0.835. The number of nitrogens with zero attached hydrogens (tertiary/aromatic N) is 1. The molecule has 6 nitrogen and oxygen atoms in total. The number of anilines is 1. The van der Waals surface area contributed by atoms with E-state index < -0.39 is 10.8 Å². The monoisotopic (exact) mass is 215 g/mol. The topological polar surface area (TPSA) is 112 Å². The largest absolute Gasteiger partial charge is 0.393 e. The van der Waals surface area contributed by atoms with Gasteiger partial charge in [0.05, 0.1) is 15.5 Å². The van der Waals surface area contributed by atoms with Gasteiger partial charge in [0.25, 0.3) is 5.69 Å². The molecule has 4 N–H and O–H groups in total. The van der Waals surface area contributed by atoms with Gasteiger partial charge in [-0.2, -0.15) is 0 Å². The summed E-state index contributed by atoms with van der Waals surface area (Å²) in [5.74, 6) is -0.835. The first-order valence-corrected chi connectivity index (χ1v) is 3.84. The SMILES string of the molecule is NC(=O)c1cc([N+](=O)[O-])c(N)cc1Cl. The Hall–Kier alpha value is -1.82. The molecule has 0 aliphatic rings. The zero-order valence-corrected chi connectivity index (χ0v) is 7.62. The van der Waals surface area contributed by atoms with Crippen LogP contribution in [0.4, 0.5) is 11.4 Å². The van der Waals surface area contributed by atoms with Gasteiger partial charge in [0.1, 0.15) is 5.69 Å². The lowest BCUT2D eigenvalue weighted by Crippen LogP contribution is -2.12. The van der Waals surface area contributed by atoms with Gasteiger partial charge in [0.15, 0.2) is 0 Å². The van der Waals surface area contributed by atoms with Gasteiger partial charge in [0.2, 0.25) is 5.91 Å². The predicted molar refractivity (Wildman–Crippen MR) is 51.0 cm³/mol. The summed E-state index contributed by atoms with van der Waals surface area (Å²) in [4.78, 5) is 20.5. The van der Waals surface area contributed by atoms with Crippen LogP contribution in [0.1, 0.15) is 10.4 Å². The van der Waals surface area contributed by atoms with Crippen molar-refractivity contribution < 1.29 is 9.72 Å². The summed E-state index contributed by atoms with van der Waals surface area (Å²) in [6, 6.07) is 2.08. The van der Waals surface area contributed by atoms with Crippen LogP contribution in [0.2, 0.25) is 5.02 Å². The minimum Gasteiger partial charge on any atom is -0.393 e. The number of nitro benzene ring substituents is 1. The first kappa shape index (κ1) is 10.3. The Morgan fingerprint density at radius 3 is 2.50 bits per heavy atom. The number of nitrogens with two attached hydrogens (primary N) is 2. The van der Waals surface area contributed by atoms with Crippen molar-refractivity contribution in [3.8, 4) is 0 Å². The van der Waals surface area contributed by atoms with Crippen LogP contribution in [0.15, 0.2) is 12.1 Å². The molecule has 0 spiro atoms. The summed E-state index contributed by atoms with van der Waals surface area (Å²) in [5, 5.41) is 10.4. The summed E-state index contributed by atoms with van der Waals surface area (Å²) in [7, 11) is 0. The van der Waals surface area contributed by atoms with Gasteiger partial charge in [-0.05, 0) is 6.07 Å². The van der Waals surface area contributed by atoms with Crippen LogP contribution in [-0.2, 0) is 0 Å². The molecule has 1 amide bonds. The number of hydrogen-bond donors (Lipinski definition) is 2. The Morgan fingerprint density at radius 2 is 2.07 bits per heavy atom. The van der Waals surface area contributed by atoms with E-state index in [4.69, 9.17) is 23.1 Å². The van der Waals surface area contributed by atoms with Crippen molar-refractivity contribution in [2.75, 3.05) is 5.73 Å². The standard InChI is InChI=1S/C7H6ClN3O3/c8-4-2-5(9)6(11(13)14)1-3(4)7(10)12/h1-2H,9H2,(H2,10,12). The third kappa shape index (κ3) is 1.74. The molecular formula is C7H6ClN3O3. The van der Waals surface area contributed by atoms with E-state index in [2.05, 4.69) is 0 Å². The molecular weight excluding hydrogens is 210 g/mol. The summed E-state index contributed by atoms with van der Waals surface area (Å²) in [6.07, 6.45) is 0. The quantitative estimate of drug-likeness (QED) is 0.434. The molecule has 0 aliphatic heterocycles. The third-order valence-corrected chi connectivity index (χ3v) is 1.89. The average molecular weight is 216 g/mol.